The molecule has 104 valence electrons. The van der Waals surface area contributed by atoms with E-state index in [1.165, 1.54) is 43.4 Å². The normalized spacial score (nSPS) is 21.1. The van der Waals surface area contributed by atoms with Crippen molar-refractivity contribution in [3.63, 3.8) is 0 Å². The van der Waals surface area contributed by atoms with E-state index in [1.807, 2.05) is 12.1 Å². The molecule has 0 bridgehead atoms. The first-order valence-corrected chi connectivity index (χ1v) is 7.26. The molecular formula is C16H25N3. The molecule has 1 unspecified atom stereocenters. The molecule has 3 heteroatoms. The van der Waals surface area contributed by atoms with Crippen LogP contribution in [-0.2, 0) is 6.54 Å². The van der Waals surface area contributed by atoms with Crippen LogP contribution >= 0.6 is 0 Å². The van der Waals surface area contributed by atoms with E-state index in [4.69, 9.17) is 11.1 Å². The van der Waals surface area contributed by atoms with Crippen molar-refractivity contribution in [3.8, 4) is 0 Å². The van der Waals surface area contributed by atoms with Gasteiger partial charge >= 0.3 is 0 Å². The number of amidine groups is 1. The minimum Gasteiger partial charge on any atom is -0.384 e. The van der Waals surface area contributed by atoms with Crippen molar-refractivity contribution < 1.29 is 0 Å². The molecule has 0 radical (unpaired) electrons. The summed E-state index contributed by atoms with van der Waals surface area (Å²) < 4.78 is 0. The maximum absolute atomic E-state index is 7.48. The number of rotatable bonds is 3. The van der Waals surface area contributed by atoms with Crippen LogP contribution in [0.1, 0.15) is 49.3 Å². The second-order valence-electron chi connectivity index (χ2n) is 5.72. The zero-order valence-corrected chi connectivity index (χ0v) is 12.1. The Morgan fingerprint density at radius 2 is 2.16 bits per heavy atom. The molecule has 0 spiro atoms. The quantitative estimate of drug-likeness (QED) is 0.647. The molecule has 1 aliphatic rings. The Morgan fingerprint density at radius 1 is 1.37 bits per heavy atom. The largest absolute Gasteiger partial charge is 0.384 e. The molecule has 3 N–H and O–H groups in total. The van der Waals surface area contributed by atoms with E-state index in [0.29, 0.717) is 6.04 Å². The average Bonchev–Trinajstić information content (AvgIpc) is 2.57. The van der Waals surface area contributed by atoms with Crippen molar-refractivity contribution in [2.75, 3.05) is 6.54 Å². The maximum atomic E-state index is 7.48. The number of nitrogens with two attached hydrogens (primary N) is 1. The van der Waals surface area contributed by atoms with Gasteiger partial charge in [0.1, 0.15) is 5.84 Å². The van der Waals surface area contributed by atoms with E-state index in [2.05, 4.69) is 24.8 Å². The molecule has 2 rings (SSSR count). The molecule has 0 saturated carbocycles. The van der Waals surface area contributed by atoms with Gasteiger partial charge in [0.05, 0.1) is 0 Å². The Labute approximate surface area is 116 Å². The summed E-state index contributed by atoms with van der Waals surface area (Å²) in [5.41, 5.74) is 8.96. The van der Waals surface area contributed by atoms with Crippen LogP contribution in [0.25, 0.3) is 0 Å². The van der Waals surface area contributed by atoms with Crippen molar-refractivity contribution in [2.24, 2.45) is 5.73 Å². The second-order valence-corrected chi connectivity index (χ2v) is 5.72. The molecular weight excluding hydrogens is 234 g/mol. The van der Waals surface area contributed by atoms with Crippen molar-refractivity contribution in [2.45, 2.75) is 52.1 Å². The Bertz CT molecular complexity index is 453. The zero-order chi connectivity index (χ0) is 13.8. The summed E-state index contributed by atoms with van der Waals surface area (Å²) >= 11 is 0. The fraction of sp³-hybridized carbons (Fsp3) is 0.562. The third-order valence-electron chi connectivity index (χ3n) is 4.22. The van der Waals surface area contributed by atoms with Gasteiger partial charge in [0.25, 0.3) is 0 Å². The smallest absolute Gasteiger partial charge is 0.122 e. The molecule has 19 heavy (non-hydrogen) atoms. The summed E-state index contributed by atoms with van der Waals surface area (Å²) in [5, 5.41) is 7.48. The molecule has 1 aromatic carbocycles. The third-order valence-corrected chi connectivity index (χ3v) is 4.22. The van der Waals surface area contributed by atoms with Gasteiger partial charge in [-0.15, -0.1) is 0 Å². The Morgan fingerprint density at radius 3 is 2.84 bits per heavy atom. The molecule has 1 atom stereocenters. The standard InChI is InChI=1S/C16H25N3/c1-12-10-14(16(17)18)7-8-15(12)11-19-9-5-3-4-6-13(19)2/h7-8,10,13H,3-6,9,11H2,1-2H3,(H3,17,18). The highest BCUT2D eigenvalue weighted by molar-refractivity contribution is 5.95. The summed E-state index contributed by atoms with van der Waals surface area (Å²) in [6.07, 6.45) is 5.35. The molecule has 0 amide bonds. The summed E-state index contributed by atoms with van der Waals surface area (Å²) in [7, 11) is 0. The van der Waals surface area contributed by atoms with E-state index < -0.39 is 0 Å². The lowest BCUT2D eigenvalue weighted by atomic mass is 10.0. The van der Waals surface area contributed by atoms with Gasteiger partial charge in [0.15, 0.2) is 0 Å². The van der Waals surface area contributed by atoms with Crippen LogP contribution in [0.2, 0.25) is 0 Å². The van der Waals surface area contributed by atoms with Gasteiger partial charge in [0, 0.05) is 18.2 Å². The average molecular weight is 259 g/mol. The van der Waals surface area contributed by atoms with Crippen LogP contribution in [0.4, 0.5) is 0 Å². The monoisotopic (exact) mass is 259 g/mol. The molecule has 1 heterocycles. The van der Waals surface area contributed by atoms with E-state index in [-0.39, 0.29) is 5.84 Å². The highest BCUT2D eigenvalue weighted by Crippen LogP contribution is 2.20. The SMILES string of the molecule is Cc1cc(C(=N)N)ccc1CN1CCCCCC1C. The van der Waals surface area contributed by atoms with Crippen molar-refractivity contribution in [1.29, 1.82) is 5.41 Å². The lowest BCUT2D eigenvalue weighted by molar-refractivity contribution is 0.204. The molecule has 1 aliphatic heterocycles. The molecule has 1 aromatic rings. The number of nitrogen functional groups attached to an aromatic ring is 1. The number of nitrogens with zero attached hydrogens (tertiary/aromatic N) is 1. The van der Waals surface area contributed by atoms with Gasteiger partial charge in [-0.25, -0.2) is 0 Å². The Kier molecular flexibility index (Phi) is 4.59. The van der Waals surface area contributed by atoms with Crippen LogP contribution in [0, 0.1) is 12.3 Å². The van der Waals surface area contributed by atoms with Crippen LogP contribution in [-0.4, -0.2) is 23.3 Å². The van der Waals surface area contributed by atoms with Crippen molar-refractivity contribution >= 4 is 5.84 Å². The number of aryl methyl sites for hydroxylation is 1. The van der Waals surface area contributed by atoms with Gasteiger partial charge in [-0.1, -0.05) is 25.0 Å². The third kappa shape index (κ3) is 3.57. The number of nitrogens with one attached hydrogen (secondary N) is 1. The molecule has 3 nitrogen and oxygen atoms in total. The summed E-state index contributed by atoms with van der Waals surface area (Å²) in [6.45, 7) is 6.68. The predicted octanol–water partition coefficient (Wildman–Crippen LogP) is 3.04. The minimum absolute atomic E-state index is 0.151. The molecule has 0 aliphatic carbocycles. The summed E-state index contributed by atoms with van der Waals surface area (Å²) in [5.74, 6) is 0.151. The van der Waals surface area contributed by atoms with Gasteiger partial charge in [-0.05, 0) is 50.4 Å². The van der Waals surface area contributed by atoms with Gasteiger partial charge in [-0.3, -0.25) is 10.3 Å². The summed E-state index contributed by atoms with van der Waals surface area (Å²) in [4.78, 5) is 2.59. The first-order valence-electron chi connectivity index (χ1n) is 7.26. The molecule has 1 saturated heterocycles. The van der Waals surface area contributed by atoms with Gasteiger partial charge in [-0.2, -0.15) is 0 Å². The second kappa shape index (κ2) is 6.20. The van der Waals surface area contributed by atoms with Crippen LogP contribution in [0.3, 0.4) is 0 Å². The van der Waals surface area contributed by atoms with Gasteiger partial charge in [0.2, 0.25) is 0 Å². The van der Waals surface area contributed by atoms with Gasteiger partial charge < -0.3 is 5.73 Å². The highest BCUT2D eigenvalue weighted by Gasteiger charge is 2.17. The predicted molar refractivity (Wildman–Crippen MR) is 80.5 cm³/mol. The summed E-state index contributed by atoms with van der Waals surface area (Å²) in [6, 6.07) is 6.80. The first-order chi connectivity index (χ1) is 9.08. The lowest BCUT2D eigenvalue weighted by Gasteiger charge is -2.27. The Hall–Kier alpha value is -1.35. The minimum atomic E-state index is 0.151. The van der Waals surface area contributed by atoms with Crippen LogP contribution in [0.15, 0.2) is 18.2 Å². The zero-order valence-electron chi connectivity index (χ0n) is 12.1. The fourth-order valence-electron chi connectivity index (χ4n) is 2.83. The maximum Gasteiger partial charge on any atom is 0.122 e. The van der Waals surface area contributed by atoms with Crippen molar-refractivity contribution in [3.05, 3.63) is 34.9 Å². The number of hydrogen-bond donors (Lipinski definition) is 2. The van der Waals surface area contributed by atoms with E-state index >= 15 is 0 Å². The number of benzene rings is 1. The lowest BCUT2D eigenvalue weighted by Crippen LogP contribution is -2.32. The Balaban J connectivity index is 2.11. The highest BCUT2D eigenvalue weighted by atomic mass is 15.1. The number of hydrogen-bond acceptors (Lipinski definition) is 2. The van der Waals surface area contributed by atoms with Crippen molar-refractivity contribution in [1.82, 2.24) is 4.90 Å². The van der Waals surface area contributed by atoms with Crippen LogP contribution < -0.4 is 5.73 Å². The first kappa shape index (κ1) is 14.1. The molecule has 1 fully saturated rings. The molecule has 0 aromatic heterocycles. The topological polar surface area (TPSA) is 53.1 Å². The van der Waals surface area contributed by atoms with E-state index in [1.54, 1.807) is 0 Å². The number of likely N-dealkylation sites (tertiary alicyclic amines) is 1. The van der Waals surface area contributed by atoms with E-state index in [9.17, 15) is 0 Å². The fourth-order valence-corrected chi connectivity index (χ4v) is 2.83. The van der Waals surface area contributed by atoms with E-state index in [0.717, 1.165) is 12.1 Å². The van der Waals surface area contributed by atoms with Crippen LogP contribution in [0.5, 0.6) is 0 Å².